The summed E-state index contributed by atoms with van der Waals surface area (Å²) < 4.78 is 54.8. The maximum absolute atomic E-state index is 13.6. The number of alkyl halides is 3. The van der Waals surface area contributed by atoms with Crippen molar-refractivity contribution in [1.82, 2.24) is 19.7 Å². The lowest BCUT2D eigenvalue weighted by molar-refractivity contribution is -0.140. The smallest absolute Gasteiger partial charge is 0.314 e. The van der Waals surface area contributed by atoms with Crippen molar-refractivity contribution in [3.8, 4) is 0 Å². The van der Waals surface area contributed by atoms with Crippen molar-refractivity contribution in [3.63, 3.8) is 0 Å². The van der Waals surface area contributed by atoms with Crippen LogP contribution in [0.5, 0.6) is 0 Å². The Hall–Kier alpha value is -1.96. The molecule has 0 saturated carbocycles. The molecule has 2 aliphatic rings. The zero-order chi connectivity index (χ0) is 19.0. The average molecular weight is 382 g/mol. The fourth-order valence-electron chi connectivity index (χ4n) is 4.17. The Kier molecular flexibility index (Phi) is 4.92. The topological polar surface area (TPSA) is 34.0 Å². The van der Waals surface area contributed by atoms with Crippen molar-refractivity contribution >= 4 is 0 Å². The minimum atomic E-state index is -4.69. The fraction of sp³-hybridized carbons (Fsp3) is 0.579. The van der Waals surface area contributed by atoms with Gasteiger partial charge in [0.1, 0.15) is 17.5 Å². The van der Waals surface area contributed by atoms with Crippen LogP contribution in [0.2, 0.25) is 0 Å². The van der Waals surface area contributed by atoms with Gasteiger partial charge < -0.3 is 4.57 Å². The van der Waals surface area contributed by atoms with E-state index in [1.54, 1.807) is 0 Å². The first kappa shape index (κ1) is 18.4. The first-order valence-corrected chi connectivity index (χ1v) is 9.45. The standard InChI is InChI=1S/C19H22F4N4/c20-15-8-7-13(11-14(15)19(21,22)23)12-26-9-3-1-5-16(26)18-25-24-17-6-2-4-10-27(17)18/h7-8,11,16H,1-6,9-10,12H2. The molecule has 4 nitrogen and oxygen atoms in total. The molecule has 1 fully saturated rings. The van der Waals surface area contributed by atoms with E-state index in [4.69, 9.17) is 0 Å². The molecule has 1 aromatic carbocycles. The van der Waals surface area contributed by atoms with Crippen molar-refractivity contribution in [2.24, 2.45) is 0 Å². The van der Waals surface area contributed by atoms with Gasteiger partial charge in [-0.05, 0) is 49.9 Å². The van der Waals surface area contributed by atoms with Gasteiger partial charge in [-0.2, -0.15) is 13.2 Å². The van der Waals surface area contributed by atoms with Crippen LogP contribution in [0.15, 0.2) is 18.2 Å². The lowest BCUT2D eigenvalue weighted by Crippen LogP contribution is -2.35. The minimum absolute atomic E-state index is 0.0393. The van der Waals surface area contributed by atoms with Crippen molar-refractivity contribution in [2.75, 3.05) is 6.54 Å². The molecule has 146 valence electrons. The quantitative estimate of drug-likeness (QED) is 0.733. The second-order valence-corrected chi connectivity index (χ2v) is 7.38. The Bertz CT molecular complexity index is 815. The van der Waals surface area contributed by atoms with Gasteiger partial charge in [0.05, 0.1) is 11.6 Å². The van der Waals surface area contributed by atoms with Crippen molar-refractivity contribution in [3.05, 3.63) is 46.8 Å². The number of benzene rings is 1. The molecule has 0 radical (unpaired) electrons. The van der Waals surface area contributed by atoms with Crippen molar-refractivity contribution < 1.29 is 17.6 Å². The number of aryl methyl sites for hydroxylation is 1. The van der Waals surface area contributed by atoms with Gasteiger partial charge in [0.15, 0.2) is 0 Å². The molecule has 1 atom stereocenters. The number of likely N-dealkylation sites (tertiary alicyclic amines) is 1. The first-order valence-electron chi connectivity index (χ1n) is 9.45. The van der Waals surface area contributed by atoms with Crippen LogP contribution in [0.3, 0.4) is 0 Å². The highest BCUT2D eigenvalue weighted by atomic mass is 19.4. The van der Waals surface area contributed by atoms with Crippen LogP contribution in [0.4, 0.5) is 17.6 Å². The van der Waals surface area contributed by atoms with Crippen LogP contribution in [0, 0.1) is 5.82 Å². The molecule has 2 aliphatic heterocycles. The molecule has 1 aromatic heterocycles. The lowest BCUT2D eigenvalue weighted by Gasteiger charge is -2.35. The van der Waals surface area contributed by atoms with Crippen LogP contribution < -0.4 is 0 Å². The summed E-state index contributed by atoms with van der Waals surface area (Å²) in [5, 5.41) is 8.73. The predicted molar refractivity (Wildman–Crippen MR) is 91.4 cm³/mol. The fourth-order valence-corrected chi connectivity index (χ4v) is 4.17. The SMILES string of the molecule is Fc1ccc(CN2CCCCC2c2nnc3n2CCCC3)cc1C(F)(F)F. The summed E-state index contributed by atoms with van der Waals surface area (Å²) in [6, 6.07) is 3.32. The predicted octanol–water partition coefficient (Wildman–Crippen LogP) is 4.50. The van der Waals surface area contributed by atoms with E-state index >= 15 is 0 Å². The molecule has 0 amide bonds. The summed E-state index contributed by atoms with van der Waals surface area (Å²) in [7, 11) is 0. The molecule has 1 unspecified atom stereocenters. The number of hydrogen-bond acceptors (Lipinski definition) is 3. The van der Waals surface area contributed by atoms with E-state index in [1.165, 1.54) is 6.07 Å². The third kappa shape index (κ3) is 3.72. The van der Waals surface area contributed by atoms with E-state index in [9.17, 15) is 17.6 Å². The zero-order valence-corrected chi connectivity index (χ0v) is 15.0. The number of halogens is 4. The van der Waals surface area contributed by atoms with E-state index in [2.05, 4.69) is 19.7 Å². The summed E-state index contributed by atoms with van der Waals surface area (Å²) in [6.45, 7) is 2.03. The van der Waals surface area contributed by atoms with Crippen LogP contribution in [-0.4, -0.2) is 26.2 Å². The lowest BCUT2D eigenvalue weighted by atomic mass is 9.99. The van der Waals surface area contributed by atoms with Crippen LogP contribution in [0.25, 0.3) is 0 Å². The van der Waals surface area contributed by atoms with E-state index in [-0.39, 0.29) is 6.04 Å². The summed E-state index contributed by atoms with van der Waals surface area (Å²) in [6.07, 6.45) is 1.40. The van der Waals surface area contributed by atoms with Crippen LogP contribution in [-0.2, 0) is 25.7 Å². The Balaban J connectivity index is 1.60. The number of hydrogen-bond donors (Lipinski definition) is 0. The molecule has 1 saturated heterocycles. The van der Waals surface area contributed by atoms with Gasteiger partial charge in [0.2, 0.25) is 0 Å². The van der Waals surface area contributed by atoms with Gasteiger partial charge in [-0.1, -0.05) is 12.5 Å². The Morgan fingerprint density at radius 2 is 1.85 bits per heavy atom. The number of fused-ring (bicyclic) bond motifs is 1. The van der Waals surface area contributed by atoms with E-state index in [1.807, 2.05) is 0 Å². The van der Waals surface area contributed by atoms with Crippen LogP contribution in [0.1, 0.15) is 60.9 Å². The molecule has 0 bridgehead atoms. The maximum atomic E-state index is 13.6. The minimum Gasteiger partial charge on any atom is -0.314 e. The molecular formula is C19H22F4N4. The number of piperidine rings is 1. The highest BCUT2D eigenvalue weighted by molar-refractivity contribution is 5.27. The van der Waals surface area contributed by atoms with E-state index in [0.29, 0.717) is 12.1 Å². The molecule has 0 N–H and O–H groups in total. The van der Waals surface area contributed by atoms with Gasteiger partial charge >= 0.3 is 6.18 Å². The van der Waals surface area contributed by atoms with Gasteiger partial charge in [0, 0.05) is 19.5 Å². The maximum Gasteiger partial charge on any atom is 0.419 e. The van der Waals surface area contributed by atoms with Gasteiger partial charge in [-0.25, -0.2) is 4.39 Å². The number of nitrogens with zero attached hydrogens (tertiary/aromatic N) is 4. The Morgan fingerprint density at radius 1 is 1.04 bits per heavy atom. The molecule has 27 heavy (non-hydrogen) atoms. The van der Waals surface area contributed by atoms with E-state index in [0.717, 1.165) is 75.4 Å². The molecule has 2 aromatic rings. The zero-order valence-electron chi connectivity index (χ0n) is 15.0. The monoisotopic (exact) mass is 382 g/mol. The molecular weight excluding hydrogens is 360 g/mol. The third-order valence-electron chi connectivity index (χ3n) is 5.52. The summed E-state index contributed by atoms with van der Waals surface area (Å²) in [5.74, 6) is 0.693. The molecule has 0 spiro atoms. The Morgan fingerprint density at radius 3 is 2.67 bits per heavy atom. The highest BCUT2D eigenvalue weighted by Gasteiger charge is 2.35. The van der Waals surface area contributed by atoms with Crippen LogP contribution >= 0.6 is 0 Å². The van der Waals surface area contributed by atoms with E-state index < -0.39 is 17.6 Å². The third-order valence-corrected chi connectivity index (χ3v) is 5.52. The number of rotatable bonds is 3. The Labute approximate surface area is 155 Å². The molecule has 4 rings (SSSR count). The van der Waals surface area contributed by atoms with Gasteiger partial charge in [0.25, 0.3) is 0 Å². The molecule has 8 heteroatoms. The van der Waals surface area contributed by atoms with Gasteiger partial charge in [-0.15, -0.1) is 10.2 Å². The molecule has 0 aliphatic carbocycles. The second-order valence-electron chi connectivity index (χ2n) is 7.38. The normalized spacial score (nSPS) is 21.3. The first-order chi connectivity index (χ1) is 12.9. The highest BCUT2D eigenvalue weighted by Crippen LogP contribution is 2.35. The average Bonchev–Trinajstić information content (AvgIpc) is 3.07. The van der Waals surface area contributed by atoms with Crippen molar-refractivity contribution in [2.45, 2.75) is 63.8 Å². The largest absolute Gasteiger partial charge is 0.419 e. The summed E-state index contributed by atoms with van der Waals surface area (Å²) in [5.41, 5.74) is -0.734. The molecule has 3 heterocycles. The summed E-state index contributed by atoms with van der Waals surface area (Å²) >= 11 is 0. The summed E-state index contributed by atoms with van der Waals surface area (Å²) in [4.78, 5) is 2.16. The second kappa shape index (κ2) is 7.22. The van der Waals surface area contributed by atoms with Crippen molar-refractivity contribution in [1.29, 1.82) is 0 Å². The van der Waals surface area contributed by atoms with Gasteiger partial charge in [-0.3, -0.25) is 4.90 Å². The number of aromatic nitrogens is 3.